The van der Waals surface area contributed by atoms with Crippen molar-refractivity contribution in [3.63, 3.8) is 0 Å². The Balaban J connectivity index is 2.30. The lowest BCUT2D eigenvalue weighted by Gasteiger charge is -2.32. The molecule has 0 aliphatic carbocycles. The molecule has 8 heteroatoms. The SMILES string of the molecule is COc1ccc(C[C@H](CCCC(C#N)(c2ccc(OC)c(OC)c2)C(C)C)NC(=O)OC(C)(C)C)cc1OC. The largest absolute Gasteiger partial charge is 0.493 e. The number of nitrogens with zero attached hydrogens (tertiary/aromatic N) is 1. The first-order valence-electron chi connectivity index (χ1n) is 13.3. The summed E-state index contributed by atoms with van der Waals surface area (Å²) in [5, 5.41) is 13.5. The summed E-state index contributed by atoms with van der Waals surface area (Å²) in [4.78, 5) is 12.7. The number of alkyl carbamates (subject to hydrolysis) is 1. The molecule has 0 saturated heterocycles. The Kier molecular flexibility index (Phi) is 11.3. The quantitative estimate of drug-likeness (QED) is 0.312. The van der Waals surface area contributed by atoms with Crippen LogP contribution in [0.1, 0.15) is 65.0 Å². The third-order valence-electron chi connectivity index (χ3n) is 6.86. The summed E-state index contributed by atoms with van der Waals surface area (Å²) >= 11 is 0. The Bertz CT molecular complexity index is 1130. The van der Waals surface area contributed by atoms with Gasteiger partial charge >= 0.3 is 6.09 Å². The van der Waals surface area contributed by atoms with Crippen LogP contribution in [0.4, 0.5) is 4.79 Å². The first kappa shape index (κ1) is 31.6. The van der Waals surface area contributed by atoms with E-state index in [-0.39, 0.29) is 12.0 Å². The van der Waals surface area contributed by atoms with Crippen LogP contribution in [0, 0.1) is 17.2 Å². The number of hydrogen-bond acceptors (Lipinski definition) is 7. The molecule has 0 saturated carbocycles. The Hall–Kier alpha value is -3.60. The van der Waals surface area contributed by atoms with Crippen LogP contribution in [0.5, 0.6) is 23.0 Å². The van der Waals surface area contributed by atoms with Gasteiger partial charge in [-0.1, -0.05) is 26.0 Å². The first-order valence-corrected chi connectivity index (χ1v) is 13.3. The lowest BCUT2D eigenvalue weighted by Crippen LogP contribution is -2.40. The minimum Gasteiger partial charge on any atom is -0.493 e. The van der Waals surface area contributed by atoms with E-state index in [9.17, 15) is 10.1 Å². The number of hydrogen-bond donors (Lipinski definition) is 1. The second kappa shape index (κ2) is 14.0. The van der Waals surface area contributed by atoms with Gasteiger partial charge in [-0.15, -0.1) is 0 Å². The highest BCUT2D eigenvalue weighted by Crippen LogP contribution is 2.41. The second-order valence-electron chi connectivity index (χ2n) is 10.9. The molecule has 1 amide bonds. The van der Waals surface area contributed by atoms with Crippen LogP contribution in [0.3, 0.4) is 0 Å². The number of benzene rings is 2. The summed E-state index contributed by atoms with van der Waals surface area (Å²) in [6, 6.07) is 13.8. The number of rotatable bonds is 13. The van der Waals surface area contributed by atoms with Crippen molar-refractivity contribution in [2.75, 3.05) is 28.4 Å². The molecule has 2 atom stereocenters. The Morgan fingerprint density at radius 1 is 0.897 bits per heavy atom. The van der Waals surface area contributed by atoms with Crippen molar-refractivity contribution in [2.24, 2.45) is 5.92 Å². The zero-order valence-corrected chi connectivity index (χ0v) is 24.8. The lowest BCUT2D eigenvalue weighted by atomic mass is 9.69. The van der Waals surface area contributed by atoms with Crippen LogP contribution in [0.2, 0.25) is 0 Å². The van der Waals surface area contributed by atoms with Gasteiger partial charge in [0, 0.05) is 6.04 Å². The van der Waals surface area contributed by atoms with Crippen LogP contribution >= 0.6 is 0 Å². The van der Waals surface area contributed by atoms with E-state index < -0.39 is 17.1 Å². The molecule has 214 valence electrons. The van der Waals surface area contributed by atoms with E-state index in [4.69, 9.17) is 23.7 Å². The average molecular weight is 541 g/mol. The molecule has 0 fully saturated rings. The number of ether oxygens (including phenoxy) is 5. The van der Waals surface area contributed by atoms with Crippen molar-refractivity contribution in [1.29, 1.82) is 5.26 Å². The highest BCUT2D eigenvalue weighted by atomic mass is 16.6. The monoisotopic (exact) mass is 540 g/mol. The standard InChI is InChI=1S/C31H44N2O6/c1-21(2)31(20-32,23-13-15-26(36-7)28(19-23)38-9)16-10-11-24(33-29(34)39-30(3,4)5)17-22-12-14-25(35-6)27(18-22)37-8/h12-15,18-19,21,24H,10-11,16-17H2,1-9H3,(H,33,34)/t24-,31?/m0/s1. The molecule has 2 aromatic rings. The number of carbonyl (C=O) groups is 1. The molecule has 2 aromatic carbocycles. The topological polar surface area (TPSA) is 99.0 Å². The maximum atomic E-state index is 12.7. The summed E-state index contributed by atoms with van der Waals surface area (Å²) < 4.78 is 27.3. The van der Waals surface area contributed by atoms with Gasteiger partial charge in [0.25, 0.3) is 0 Å². The molecule has 0 bridgehead atoms. The molecule has 1 N–H and O–H groups in total. The highest BCUT2D eigenvalue weighted by Gasteiger charge is 2.36. The summed E-state index contributed by atoms with van der Waals surface area (Å²) in [7, 11) is 6.37. The first-order chi connectivity index (χ1) is 18.4. The fraction of sp³-hybridized carbons (Fsp3) is 0.548. The Labute approximate surface area is 233 Å². The fourth-order valence-corrected chi connectivity index (χ4v) is 4.75. The number of nitrogens with one attached hydrogen (secondary N) is 1. The van der Waals surface area contributed by atoms with Crippen LogP contribution in [0.25, 0.3) is 0 Å². The molecule has 39 heavy (non-hydrogen) atoms. The smallest absolute Gasteiger partial charge is 0.407 e. The van der Waals surface area contributed by atoms with E-state index in [0.717, 1.165) is 11.1 Å². The predicted molar refractivity (Wildman–Crippen MR) is 152 cm³/mol. The fourth-order valence-electron chi connectivity index (χ4n) is 4.75. The minimum absolute atomic E-state index is 0.0451. The van der Waals surface area contributed by atoms with Gasteiger partial charge in [0.1, 0.15) is 5.60 Å². The van der Waals surface area contributed by atoms with Crippen molar-refractivity contribution < 1.29 is 28.5 Å². The highest BCUT2D eigenvalue weighted by molar-refractivity contribution is 5.68. The molecule has 0 spiro atoms. The van der Waals surface area contributed by atoms with Crippen molar-refractivity contribution >= 4 is 6.09 Å². The zero-order valence-electron chi connectivity index (χ0n) is 24.8. The number of methoxy groups -OCH3 is 4. The molecule has 0 aliphatic rings. The average Bonchev–Trinajstić information content (AvgIpc) is 2.89. The molecular formula is C31H44N2O6. The maximum Gasteiger partial charge on any atom is 0.407 e. The molecule has 0 heterocycles. The number of nitriles is 1. The van der Waals surface area contributed by atoms with Gasteiger partial charge in [-0.05, 0) is 87.8 Å². The third-order valence-corrected chi connectivity index (χ3v) is 6.86. The van der Waals surface area contributed by atoms with Gasteiger partial charge in [0.15, 0.2) is 23.0 Å². The maximum absolute atomic E-state index is 12.7. The van der Waals surface area contributed by atoms with E-state index >= 15 is 0 Å². The molecule has 2 rings (SSSR count). The summed E-state index contributed by atoms with van der Waals surface area (Å²) in [5.41, 5.74) is 0.524. The molecule has 8 nitrogen and oxygen atoms in total. The molecular weight excluding hydrogens is 496 g/mol. The van der Waals surface area contributed by atoms with E-state index in [1.54, 1.807) is 28.4 Å². The summed E-state index contributed by atoms with van der Waals surface area (Å²) in [6.07, 6.45) is 2.06. The van der Waals surface area contributed by atoms with E-state index in [1.807, 2.05) is 57.2 Å². The Morgan fingerprint density at radius 2 is 1.46 bits per heavy atom. The number of amides is 1. The van der Waals surface area contributed by atoms with Gasteiger partial charge in [-0.3, -0.25) is 0 Å². The van der Waals surface area contributed by atoms with Crippen LogP contribution < -0.4 is 24.3 Å². The minimum atomic E-state index is -0.737. The van der Waals surface area contributed by atoms with E-state index in [1.165, 1.54) is 0 Å². The molecule has 0 radical (unpaired) electrons. The lowest BCUT2D eigenvalue weighted by molar-refractivity contribution is 0.0500. The summed E-state index contributed by atoms with van der Waals surface area (Å²) in [5.74, 6) is 2.52. The van der Waals surface area contributed by atoms with E-state index in [2.05, 4.69) is 25.2 Å². The predicted octanol–water partition coefficient (Wildman–Crippen LogP) is 6.44. The van der Waals surface area contributed by atoms with Gasteiger partial charge in [-0.2, -0.15) is 5.26 Å². The van der Waals surface area contributed by atoms with Gasteiger partial charge in [-0.25, -0.2) is 4.79 Å². The Morgan fingerprint density at radius 3 is 1.97 bits per heavy atom. The van der Waals surface area contributed by atoms with Crippen LogP contribution in [-0.2, 0) is 16.6 Å². The van der Waals surface area contributed by atoms with Crippen LogP contribution in [0.15, 0.2) is 36.4 Å². The van der Waals surface area contributed by atoms with Crippen molar-refractivity contribution in [3.05, 3.63) is 47.5 Å². The van der Waals surface area contributed by atoms with Crippen molar-refractivity contribution in [3.8, 4) is 29.1 Å². The molecule has 0 aromatic heterocycles. The van der Waals surface area contributed by atoms with Crippen LogP contribution in [-0.4, -0.2) is 46.2 Å². The van der Waals surface area contributed by atoms with Crippen molar-refractivity contribution in [2.45, 2.75) is 77.4 Å². The molecule has 0 aliphatic heterocycles. The zero-order chi connectivity index (χ0) is 29.2. The normalized spacial score (nSPS) is 13.6. The van der Waals surface area contributed by atoms with E-state index in [0.29, 0.717) is 48.7 Å². The second-order valence-corrected chi connectivity index (χ2v) is 10.9. The van der Waals surface area contributed by atoms with Crippen molar-refractivity contribution in [1.82, 2.24) is 5.32 Å². The third kappa shape index (κ3) is 8.44. The summed E-state index contributed by atoms with van der Waals surface area (Å²) in [6.45, 7) is 9.62. The van der Waals surface area contributed by atoms with Gasteiger partial charge in [0.05, 0.1) is 39.9 Å². The molecule has 1 unspecified atom stereocenters. The number of carbonyl (C=O) groups excluding carboxylic acids is 1. The van der Waals surface area contributed by atoms with Gasteiger partial charge in [0.2, 0.25) is 0 Å². The van der Waals surface area contributed by atoms with Gasteiger partial charge < -0.3 is 29.0 Å².